The van der Waals surface area contributed by atoms with Gasteiger partial charge in [-0.1, -0.05) is 78.9 Å². The molecule has 0 aromatic heterocycles. The highest BCUT2D eigenvalue weighted by atomic mass is 16.3. The first-order valence-electron chi connectivity index (χ1n) is 7.83. The number of rotatable bonds is 5. The number of benzene rings is 3. The quantitative estimate of drug-likeness (QED) is 0.744. The van der Waals surface area contributed by atoms with Crippen molar-refractivity contribution in [2.75, 3.05) is 11.9 Å². The molecular formula is C21H21NO. The number of likely N-dealkylation sites (N-methyl/N-ethyl adjacent to an activating group) is 1. The Kier molecular flexibility index (Phi) is 4.74. The first-order chi connectivity index (χ1) is 11.3. The zero-order valence-electron chi connectivity index (χ0n) is 13.2. The van der Waals surface area contributed by atoms with Gasteiger partial charge in [0.05, 0.1) is 6.04 Å². The molecule has 0 fully saturated rings. The monoisotopic (exact) mass is 303 g/mol. The fraction of sp³-hybridized carbons (Fsp3) is 0.143. The van der Waals surface area contributed by atoms with Crippen molar-refractivity contribution >= 4 is 5.69 Å². The van der Waals surface area contributed by atoms with Crippen LogP contribution in [-0.4, -0.2) is 12.2 Å². The smallest absolute Gasteiger partial charge is 0.103 e. The number of para-hydroxylation sites is 1. The topological polar surface area (TPSA) is 23.5 Å². The second kappa shape index (κ2) is 7.12. The van der Waals surface area contributed by atoms with E-state index in [1.54, 1.807) is 0 Å². The molecule has 2 heteroatoms. The zero-order valence-corrected chi connectivity index (χ0v) is 13.2. The van der Waals surface area contributed by atoms with E-state index in [0.717, 1.165) is 16.8 Å². The Morgan fingerprint density at radius 3 is 1.61 bits per heavy atom. The van der Waals surface area contributed by atoms with Crippen LogP contribution in [0.5, 0.6) is 0 Å². The lowest BCUT2D eigenvalue weighted by molar-refractivity contribution is 0.144. The molecule has 3 rings (SSSR count). The van der Waals surface area contributed by atoms with Gasteiger partial charge in [0, 0.05) is 12.7 Å². The van der Waals surface area contributed by atoms with Crippen LogP contribution in [0.1, 0.15) is 23.3 Å². The van der Waals surface area contributed by atoms with Gasteiger partial charge >= 0.3 is 0 Å². The van der Waals surface area contributed by atoms with E-state index in [1.807, 2.05) is 73.8 Å². The minimum Gasteiger partial charge on any atom is -0.386 e. The summed E-state index contributed by atoms with van der Waals surface area (Å²) in [5.41, 5.74) is 3.09. The lowest BCUT2D eigenvalue weighted by Crippen LogP contribution is -2.29. The Bertz CT molecular complexity index is 667. The van der Waals surface area contributed by atoms with Crippen molar-refractivity contribution in [3.63, 3.8) is 0 Å². The summed E-state index contributed by atoms with van der Waals surface area (Å²) < 4.78 is 0. The molecule has 0 aliphatic rings. The maximum absolute atomic E-state index is 11.0. The van der Waals surface area contributed by atoms with Crippen LogP contribution < -0.4 is 4.90 Å². The molecule has 2 nitrogen and oxygen atoms in total. The second-order valence-corrected chi connectivity index (χ2v) is 5.66. The Morgan fingerprint density at radius 1 is 0.652 bits per heavy atom. The van der Waals surface area contributed by atoms with Gasteiger partial charge in [0.1, 0.15) is 6.10 Å². The largest absolute Gasteiger partial charge is 0.386 e. The minimum atomic E-state index is -0.608. The third kappa shape index (κ3) is 3.43. The lowest BCUT2D eigenvalue weighted by atomic mass is 9.94. The molecule has 0 aliphatic carbocycles. The van der Waals surface area contributed by atoms with Gasteiger partial charge in [-0.05, 0) is 23.3 Å². The van der Waals surface area contributed by atoms with E-state index in [2.05, 4.69) is 29.2 Å². The van der Waals surface area contributed by atoms with Crippen molar-refractivity contribution in [3.05, 3.63) is 102 Å². The van der Waals surface area contributed by atoms with Crippen molar-refractivity contribution in [1.82, 2.24) is 0 Å². The lowest BCUT2D eigenvalue weighted by Gasteiger charge is -2.34. The van der Waals surface area contributed by atoms with E-state index in [0.29, 0.717) is 0 Å². The Labute approximate surface area is 137 Å². The van der Waals surface area contributed by atoms with E-state index in [1.165, 1.54) is 0 Å². The van der Waals surface area contributed by atoms with Crippen LogP contribution in [0, 0.1) is 0 Å². The van der Waals surface area contributed by atoms with Gasteiger partial charge < -0.3 is 10.0 Å². The summed E-state index contributed by atoms with van der Waals surface area (Å²) in [6, 6.07) is 30.0. The molecule has 3 aromatic rings. The maximum atomic E-state index is 11.0. The van der Waals surface area contributed by atoms with Crippen molar-refractivity contribution in [2.24, 2.45) is 0 Å². The number of hydrogen-bond acceptors (Lipinski definition) is 2. The number of aliphatic hydroxyl groups excluding tert-OH is 1. The normalized spacial score (nSPS) is 13.3. The SMILES string of the molecule is CN(c1ccccc1)[C@H](c1ccccc1)[C@H](O)c1ccccc1. The van der Waals surface area contributed by atoms with Gasteiger partial charge in [0.25, 0.3) is 0 Å². The molecule has 0 unspecified atom stereocenters. The van der Waals surface area contributed by atoms with Gasteiger partial charge in [-0.3, -0.25) is 0 Å². The first kappa shape index (κ1) is 15.3. The van der Waals surface area contributed by atoms with Crippen LogP contribution in [0.15, 0.2) is 91.0 Å². The third-order valence-corrected chi connectivity index (χ3v) is 4.16. The summed E-state index contributed by atoms with van der Waals surface area (Å²) in [7, 11) is 2.03. The van der Waals surface area contributed by atoms with E-state index in [9.17, 15) is 5.11 Å². The first-order valence-corrected chi connectivity index (χ1v) is 7.83. The fourth-order valence-electron chi connectivity index (χ4n) is 2.92. The molecule has 0 spiro atoms. The van der Waals surface area contributed by atoms with E-state index < -0.39 is 6.10 Å². The molecule has 1 N–H and O–H groups in total. The van der Waals surface area contributed by atoms with Gasteiger partial charge in [0.2, 0.25) is 0 Å². The highest BCUT2D eigenvalue weighted by Gasteiger charge is 2.26. The number of anilines is 1. The summed E-state index contributed by atoms with van der Waals surface area (Å²) in [4.78, 5) is 2.13. The van der Waals surface area contributed by atoms with Gasteiger partial charge in [-0.25, -0.2) is 0 Å². The fourth-order valence-corrected chi connectivity index (χ4v) is 2.92. The van der Waals surface area contributed by atoms with Crippen LogP contribution in [0.2, 0.25) is 0 Å². The highest BCUT2D eigenvalue weighted by molar-refractivity contribution is 5.49. The zero-order chi connectivity index (χ0) is 16.1. The molecule has 0 heterocycles. The van der Waals surface area contributed by atoms with Crippen molar-refractivity contribution in [2.45, 2.75) is 12.1 Å². The number of nitrogens with zero attached hydrogens (tertiary/aromatic N) is 1. The second-order valence-electron chi connectivity index (χ2n) is 5.66. The summed E-state index contributed by atoms with van der Waals surface area (Å²) in [6.45, 7) is 0. The van der Waals surface area contributed by atoms with Crippen molar-refractivity contribution in [3.8, 4) is 0 Å². The molecule has 2 atom stereocenters. The van der Waals surface area contributed by atoms with Gasteiger partial charge in [-0.15, -0.1) is 0 Å². The van der Waals surface area contributed by atoms with E-state index >= 15 is 0 Å². The molecule has 0 radical (unpaired) electrons. The van der Waals surface area contributed by atoms with Crippen LogP contribution in [-0.2, 0) is 0 Å². The molecule has 0 bridgehead atoms. The Hall–Kier alpha value is -2.58. The van der Waals surface area contributed by atoms with Crippen LogP contribution in [0.3, 0.4) is 0 Å². The summed E-state index contributed by atoms with van der Waals surface area (Å²) in [6.07, 6.45) is -0.608. The minimum absolute atomic E-state index is 0.152. The van der Waals surface area contributed by atoms with Gasteiger partial charge in [0.15, 0.2) is 0 Å². The highest BCUT2D eigenvalue weighted by Crippen LogP contribution is 2.35. The number of aliphatic hydroxyl groups is 1. The molecule has 0 saturated heterocycles. The number of hydrogen-bond donors (Lipinski definition) is 1. The Morgan fingerprint density at radius 2 is 1.09 bits per heavy atom. The third-order valence-electron chi connectivity index (χ3n) is 4.16. The standard InChI is InChI=1S/C21H21NO/c1-22(19-15-9-4-10-16-19)20(17-11-5-2-6-12-17)21(23)18-13-7-3-8-14-18/h2-16,20-21,23H,1H3/t20-,21-/m1/s1. The summed E-state index contributed by atoms with van der Waals surface area (Å²) in [5, 5.41) is 11.0. The van der Waals surface area contributed by atoms with Crippen LogP contribution >= 0.6 is 0 Å². The molecule has 0 amide bonds. The van der Waals surface area contributed by atoms with E-state index in [4.69, 9.17) is 0 Å². The maximum Gasteiger partial charge on any atom is 0.103 e. The van der Waals surface area contributed by atoms with Crippen LogP contribution in [0.4, 0.5) is 5.69 Å². The molecule has 116 valence electrons. The Balaban J connectivity index is 2.01. The summed E-state index contributed by atoms with van der Waals surface area (Å²) in [5.74, 6) is 0. The summed E-state index contributed by atoms with van der Waals surface area (Å²) >= 11 is 0. The predicted molar refractivity (Wildman–Crippen MR) is 95.4 cm³/mol. The average molecular weight is 303 g/mol. The molecule has 3 aromatic carbocycles. The van der Waals surface area contributed by atoms with Gasteiger partial charge in [-0.2, -0.15) is 0 Å². The van der Waals surface area contributed by atoms with Crippen molar-refractivity contribution in [1.29, 1.82) is 0 Å². The van der Waals surface area contributed by atoms with Crippen LogP contribution in [0.25, 0.3) is 0 Å². The molecule has 0 aliphatic heterocycles. The average Bonchev–Trinajstić information content (AvgIpc) is 2.64. The van der Waals surface area contributed by atoms with E-state index in [-0.39, 0.29) is 6.04 Å². The molecule has 0 saturated carbocycles. The molecular weight excluding hydrogens is 282 g/mol. The molecule has 23 heavy (non-hydrogen) atoms. The van der Waals surface area contributed by atoms with Crippen molar-refractivity contribution < 1.29 is 5.11 Å². The predicted octanol–water partition coefficient (Wildman–Crippen LogP) is 4.60.